The lowest BCUT2D eigenvalue weighted by Crippen LogP contribution is -2.32. The number of rotatable bonds is 3. The number of nitrogens with zero attached hydrogens (tertiary/aromatic N) is 2. The standard InChI is InChI=1S/C17H20N2/c1-2-5-15(6-3-1)14-19-11-8-16(9-12-19)17-7-4-10-18-13-17/h1-7,10,13,16H,8-9,11-12,14H2. The van der Waals surface area contributed by atoms with E-state index >= 15 is 0 Å². The Labute approximate surface area is 115 Å². The molecule has 0 saturated carbocycles. The molecular formula is C17H20N2. The third-order valence-corrected chi connectivity index (χ3v) is 3.99. The van der Waals surface area contributed by atoms with Crippen LogP contribution >= 0.6 is 0 Å². The maximum absolute atomic E-state index is 4.23. The average molecular weight is 252 g/mol. The Bertz CT molecular complexity index is 487. The summed E-state index contributed by atoms with van der Waals surface area (Å²) in [5.41, 5.74) is 2.82. The molecule has 1 aromatic carbocycles. The Morgan fingerprint density at radius 3 is 2.47 bits per heavy atom. The molecule has 0 aliphatic carbocycles. The number of hydrogen-bond acceptors (Lipinski definition) is 2. The van der Waals surface area contributed by atoms with E-state index in [4.69, 9.17) is 0 Å². The summed E-state index contributed by atoms with van der Waals surface area (Å²) < 4.78 is 0. The second-order valence-electron chi connectivity index (χ2n) is 5.32. The molecule has 1 aliphatic rings. The van der Waals surface area contributed by atoms with Crippen LogP contribution in [0.15, 0.2) is 54.9 Å². The molecule has 0 bridgehead atoms. The predicted molar refractivity (Wildman–Crippen MR) is 77.9 cm³/mol. The summed E-state index contributed by atoms with van der Waals surface area (Å²) in [4.78, 5) is 6.79. The summed E-state index contributed by atoms with van der Waals surface area (Å²) in [6, 6.07) is 15.0. The number of likely N-dealkylation sites (tertiary alicyclic amines) is 1. The Balaban J connectivity index is 1.55. The van der Waals surface area contributed by atoms with Gasteiger partial charge in [-0.05, 0) is 49.0 Å². The van der Waals surface area contributed by atoms with E-state index in [1.807, 2.05) is 18.5 Å². The van der Waals surface area contributed by atoms with E-state index in [-0.39, 0.29) is 0 Å². The summed E-state index contributed by atoms with van der Waals surface area (Å²) in [7, 11) is 0. The first kappa shape index (κ1) is 12.4. The number of piperidine rings is 1. The fourth-order valence-corrected chi connectivity index (χ4v) is 2.88. The van der Waals surface area contributed by atoms with Crippen LogP contribution in [0, 0.1) is 0 Å². The van der Waals surface area contributed by atoms with Gasteiger partial charge in [-0.15, -0.1) is 0 Å². The van der Waals surface area contributed by atoms with Crippen LogP contribution in [0.4, 0.5) is 0 Å². The van der Waals surface area contributed by atoms with E-state index in [0.29, 0.717) is 5.92 Å². The maximum Gasteiger partial charge on any atom is 0.0302 e. The summed E-state index contributed by atoms with van der Waals surface area (Å²) in [5, 5.41) is 0. The van der Waals surface area contributed by atoms with Crippen LogP contribution in [0.5, 0.6) is 0 Å². The van der Waals surface area contributed by atoms with E-state index in [2.05, 4.69) is 46.3 Å². The monoisotopic (exact) mass is 252 g/mol. The molecule has 0 unspecified atom stereocenters. The summed E-state index contributed by atoms with van der Waals surface area (Å²) in [6.07, 6.45) is 6.38. The Kier molecular flexibility index (Phi) is 3.89. The quantitative estimate of drug-likeness (QED) is 0.831. The topological polar surface area (TPSA) is 16.1 Å². The van der Waals surface area contributed by atoms with Gasteiger partial charge in [0.15, 0.2) is 0 Å². The Morgan fingerprint density at radius 1 is 1.00 bits per heavy atom. The highest BCUT2D eigenvalue weighted by molar-refractivity contribution is 5.17. The van der Waals surface area contributed by atoms with E-state index in [1.54, 1.807) is 0 Å². The summed E-state index contributed by atoms with van der Waals surface area (Å²) in [5.74, 6) is 0.695. The zero-order valence-electron chi connectivity index (χ0n) is 11.2. The normalized spacial score (nSPS) is 17.5. The van der Waals surface area contributed by atoms with Crippen LogP contribution in [0.3, 0.4) is 0 Å². The lowest BCUT2D eigenvalue weighted by atomic mass is 9.90. The predicted octanol–water partition coefficient (Wildman–Crippen LogP) is 3.46. The molecule has 0 atom stereocenters. The van der Waals surface area contributed by atoms with Gasteiger partial charge in [-0.2, -0.15) is 0 Å². The summed E-state index contributed by atoms with van der Waals surface area (Å²) in [6.45, 7) is 3.46. The Hall–Kier alpha value is -1.67. The average Bonchev–Trinajstić information content (AvgIpc) is 2.50. The summed E-state index contributed by atoms with van der Waals surface area (Å²) >= 11 is 0. The van der Waals surface area contributed by atoms with Gasteiger partial charge in [0.25, 0.3) is 0 Å². The van der Waals surface area contributed by atoms with Crippen molar-refractivity contribution in [3.05, 3.63) is 66.0 Å². The molecular weight excluding hydrogens is 232 g/mol. The van der Waals surface area contributed by atoms with Gasteiger partial charge in [-0.1, -0.05) is 36.4 Å². The molecule has 2 heterocycles. The van der Waals surface area contributed by atoms with E-state index in [0.717, 1.165) is 6.54 Å². The Morgan fingerprint density at radius 2 is 1.79 bits per heavy atom. The van der Waals surface area contributed by atoms with Crippen molar-refractivity contribution < 1.29 is 0 Å². The van der Waals surface area contributed by atoms with Crippen LogP contribution in [0.25, 0.3) is 0 Å². The lowest BCUT2D eigenvalue weighted by Gasteiger charge is -2.32. The van der Waals surface area contributed by atoms with Gasteiger partial charge >= 0.3 is 0 Å². The largest absolute Gasteiger partial charge is 0.299 e. The van der Waals surface area contributed by atoms with Crippen molar-refractivity contribution in [2.24, 2.45) is 0 Å². The van der Waals surface area contributed by atoms with Crippen LogP contribution < -0.4 is 0 Å². The van der Waals surface area contributed by atoms with Crippen molar-refractivity contribution in [1.82, 2.24) is 9.88 Å². The molecule has 0 amide bonds. The zero-order chi connectivity index (χ0) is 12.9. The van der Waals surface area contributed by atoms with E-state index < -0.39 is 0 Å². The number of hydrogen-bond donors (Lipinski definition) is 0. The minimum atomic E-state index is 0.695. The molecule has 19 heavy (non-hydrogen) atoms. The third-order valence-electron chi connectivity index (χ3n) is 3.99. The second-order valence-corrected chi connectivity index (χ2v) is 5.32. The SMILES string of the molecule is c1ccc(CN2CCC(c3cccnc3)CC2)cc1. The molecule has 0 N–H and O–H groups in total. The van der Waals surface area contributed by atoms with E-state index in [9.17, 15) is 0 Å². The first-order valence-corrected chi connectivity index (χ1v) is 7.08. The molecule has 1 fully saturated rings. The molecule has 3 rings (SSSR count). The molecule has 1 saturated heterocycles. The number of benzene rings is 1. The first-order valence-electron chi connectivity index (χ1n) is 7.08. The fraction of sp³-hybridized carbons (Fsp3) is 0.353. The van der Waals surface area contributed by atoms with Crippen molar-refractivity contribution in [2.45, 2.75) is 25.3 Å². The molecule has 1 aliphatic heterocycles. The van der Waals surface area contributed by atoms with Gasteiger partial charge in [0, 0.05) is 18.9 Å². The van der Waals surface area contributed by atoms with Gasteiger partial charge in [0.1, 0.15) is 0 Å². The van der Waals surface area contributed by atoms with Crippen LogP contribution in [0.2, 0.25) is 0 Å². The smallest absolute Gasteiger partial charge is 0.0302 e. The number of pyridine rings is 1. The van der Waals surface area contributed by atoms with Crippen LogP contribution in [-0.4, -0.2) is 23.0 Å². The minimum absolute atomic E-state index is 0.695. The molecule has 0 spiro atoms. The van der Waals surface area contributed by atoms with Gasteiger partial charge in [-0.3, -0.25) is 9.88 Å². The molecule has 2 aromatic rings. The van der Waals surface area contributed by atoms with Crippen LogP contribution in [-0.2, 0) is 6.54 Å². The minimum Gasteiger partial charge on any atom is -0.299 e. The fourth-order valence-electron chi connectivity index (χ4n) is 2.88. The van der Waals surface area contributed by atoms with Crippen molar-refractivity contribution in [2.75, 3.05) is 13.1 Å². The van der Waals surface area contributed by atoms with Gasteiger partial charge in [0.2, 0.25) is 0 Å². The van der Waals surface area contributed by atoms with Gasteiger partial charge in [0.05, 0.1) is 0 Å². The highest BCUT2D eigenvalue weighted by atomic mass is 15.1. The third kappa shape index (κ3) is 3.21. The lowest BCUT2D eigenvalue weighted by molar-refractivity contribution is 0.204. The van der Waals surface area contributed by atoms with Gasteiger partial charge < -0.3 is 0 Å². The van der Waals surface area contributed by atoms with Crippen molar-refractivity contribution >= 4 is 0 Å². The molecule has 2 nitrogen and oxygen atoms in total. The molecule has 1 aromatic heterocycles. The second kappa shape index (κ2) is 5.98. The molecule has 98 valence electrons. The number of aromatic nitrogens is 1. The first-order chi connectivity index (χ1) is 9.42. The molecule has 2 heteroatoms. The highest BCUT2D eigenvalue weighted by Crippen LogP contribution is 2.27. The maximum atomic E-state index is 4.23. The highest BCUT2D eigenvalue weighted by Gasteiger charge is 2.20. The van der Waals surface area contributed by atoms with Crippen molar-refractivity contribution in [1.29, 1.82) is 0 Å². The van der Waals surface area contributed by atoms with Crippen molar-refractivity contribution in [3.8, 4) is 0 Å². The molecule has 0 radical (unpaired) electrons. The zero-order valence-corrected chi connectivity index (χ0v) is 11.2. The van der Waals surface area contributed by atoms with E-state index in [1.165, 1.54) is 37.1 Å². The van der Waals surface area contributed by atoms with Crippen LogP contribution in [0.1, 0.15) is 29.9 Å². The van der Waals surface area contributed by atoms with Gasteiger partial charge in [-0.25, -0.2) is 0 Å². The van der Waals surface area contributed by atoms with Crippen molar-refractivity contribution in [3.63, 3.8) is 0 Å².